The molecule has 22 heavy (non-hydrogen) atoms. The Morgan fingerprint density at radius 3 is 2.55 bits per heavy atom. The van der Waals surface area contributed by atoms with Crippen LogP contribution in [0.1, 0.15) is 17.0 Å². The van der Waals surface area contributed by atoms with Crippen molar-refractivity contribution in [1.82, 2.24) is 9.97 Å². The number of pyridine rings is 1. The molecule has 4 rings (SSSR count). The third-order valence-electron chi connectivity index (χ3n) is 4.06. The molecule has 0 bridgehead atoms. The summed E-state index contributed by atoms with van der Waals surface area (Å²) in [5.74, 6) is 0. The summed E-state index contributed by atoms with van der Waals surface area (Å²) >= 11 is 0. The fraction of sp³-hybridized carbons (Fsp3) is 0.0500. The highest BCUT2D eigenvalue weighted by atomic mass is 14.7. The zero-order valence-electron chi connectivity index (χ0n) is 12.4. The van der Waals surface area contributed by atoms with Crippen LogP contribution in [0.4, 0.5) is 0 Å². The Bertz CT molecular complexity index is 988. The summed E-state index contributed by atoms with van der Waals surface area (Å²) in [6.07, 6.45) is 6.12. The zero-order chi connectivity index (χ0) is 14.9. The van der Waals surface area contributed by atoms with Crippen molar-refractivity contribution in [3.63, 3.8) is 0 Å². The molecule has 2 nitrogen and oxygen atoms in total. The summed E-state index contributed by atoms with van der Waals surface area (Å²) in [7, 11) is 0. The van der Waals surface area contributed by atoms with Crippen molar-refractivity contribution in [2.45, 2.75) is 6.92 Å². The topological polar surface area (TPSA) is 28.7 Å². The van der Waals surface area contributed by atoms with Gasteiger partial charge in [-0.15, -0.1) is 0 Å². The number of aromatic amines is 1. The monoisotopic (exact) mass is 284 g/mol. The van der Waals surface area contributed by atoms with Gasteiger partial charge in [-0.2, -0.15) is 0 Å². The molecule has 0 spiro atoms. The molecule has 0 aliphatic heterocycles. The molecule has 106 valence electrons. The van der Waals surface area contributed by atoms with Crippen LogP contribution in [-0.4, -0.2) is 9.97 Å². The number of hydrogen-bond donors (Lipinski definition) is 1. The third-order valence-corrected chi connectivity index (χ3v) is 4.06. The lowest BCUT2D eigenvalue weighted by molar-refractivity contribution is 1.29. The minimum atomic E-state index is 1.00. The Kier molecular flexibility index (Phi) is 3.01. The van der Waals surface area contributed by atoms with Crippen molar-refractivity contribution >= 4 is 33.8 Å². The van der Waals surface area contributed by atoms with Crippen LogP contribution in [-0.2, 0) is 0 Å². The van der Waals surface area contributed by atoms with Crippen LogP contribution in [0.15, 0.2) is 60.8 Å². The lowest BCUT2D eigenvalue weighted by Crippen LogP contribution is -1.83. The van der Waals surface area contributed by atoms with Gasteiger partial charge in [0.2, 0.25) is 0 Å². The molecule has 0 saturated heterocycles. The Morgan fingerprint density at radius 2 is 1.64 bits per heavy atom. The number of nitrogens with zero attached hydrogens (tertiary/aromatic N) is 1. The first kappa shape index (κ1) is 12.8. The summed E-state index contributed by atoms with van der Waals surface area (Å²) in [4.78, 5) is 7.95. The quantitative estimate of drug-likeness (QED) is 0.539. The smallest absolute Gasteiger partial charge is 0.0708 e. The lowest BCUT2D eigenvalue weighted by Gasteiger charge is -2.01. The molecule has 2 aromatic heterocycles. The standard InChI is InChI=1S/C20H16N2/c1-14-16(18-8-4-5-9-20(18)22-14)10-11-19-17-7-3-2-6-15(17)12-13-21-19/h2-13,22H,1H3/b11-10+. The van der Waals surface area contributed by atoms with E-state index in [2.05, 4.69) is 77.6 Å². The molecule has 2 aromatic carbocycles. The van der Waals surface area contributed by atoms with E-state index in [0.717, 1.165) is 5.69 Å². The van der Waals surface area contributed by atoms with E-state index in [-0.39, 0.29) is 0 Å². The summed E-state index contributed by atoms with van der Waals surface area (Å²) < 4.78 is 0. The normalized spacial score (nSPS) is 11.7. The van der Waals surface area contributed by atoms with E-state index in [1.807, 2.05) is 12.3 Å². The number of hydrogen-bond acceptors (Lipinski definition) is 1. The molecule has 1 N–H and O–H groups in total. The predicted octanol–water partition coefficient (Wildman–Crippen LogP) is 5.19. The van der Waals surface area contributed by atoms with E-state index in [1.54, 1.807) is 0 Å². The molecule has 0 aliphatic rings. The van der Waals surface area contributed by atoms with E-state index < -0.39 is 0 Å². The number of aromatic nitrogens is 2. The molecule has 0 saturated carbocycles. The molecule has 2 heterocycles. The summed E-state index contributed by atoms with van der Waals surface area (Å²) in [6, 6.07) is 18.8. The van der Waals surface area contributed by atoms with Gasteiger partial charge >= 0.3 is 0 Å². The van der Waals surface area contributed by atoms with Gasteiger partial charge in [-0.1, -0.05) is 48.5 Å². The first-order chi connectivity index (χ1) is 10.8. The number of nitrogens with one attached hydrogen (secondary N) is 1. The molecule has 0 radical (unpaired) electrons. The summed E-state index contributed by atoms with van der Waals surface area (Å²) in [5, 5.41) is 3.64. The molecule has 0 atom stereocenters. The maximum Gasteiger partial charge on any atom is 0.0708 e. The second-order valence-electron chi connectivity index (χ2n) is 5.46. The second kappa shape index (κ2) is 5.15. The first-order valence-corrected chi connectivity index (χ1v) is 7.42. The van der Waals surface area contributed by atoms with Gasteiger partial charge < -0.3 is 4.98 Å². The van der Waals surface area contributed by atoms with Crippen molar-refractivity contribution in [2.24, 2.45) is 0 Å². The van der Waals surface area contributed by atoms with Gasteiger partial charge in [0.25, 0.3) is 0 Å². The molecule has 2 heteroatoms. The maximum atomic E-state index is 4.52. The minimum absolute atomic E-state index is 1.00. The van der Waals surface area contributed by atoms with Crippen LogP contribution in [0, 0.1) is 6.92 Å². The predicted molar refractivity (Wildman–Crippen MR) is 93.7 cm³/mol. The van der Waals surface area contributed by atoms with Crippen molar-refractivity contribution in [3.05, 3.63) is 77.7 Å². The van der Waals surface area contributed by atoms with Gasteiger partial charge in [0.15, 0.2) is 0 Å². The minimum Gasteiger partial charge on any atom is -0.358 e. The SMILES string of the molecule is Cc1[nH]c2ccccc2c1/C=C/c1nccc2ccccc12. The fourth-order valence-corrected chi connectivity index (χ4v) is 2.95. The van der Waals surface area contributed by atoms with Crippen molar-refractivity contribution in [3.8, 4) is 0 Å². The Labute approximate surface area is 129 Å². The maximum absolute atomic E-state index is 4.52. The molecule has 0 unspecified atom stereocenters. The van der Waals surface area contributed by atoms with Crippen LogP contribution < -0.4 is 0 Å². The number of aryl methyl sites for hydroxylation is 1. The molecule has 0 amide bonds. The number of para-hydroxylation sites is 1. The van der Waals surface area contributed by atoms with Crippen LogP contribution in [0.3, 0.4) is 0 Å². The highest BCUT2D eigenvalue weighted by Gasteiger charge is 2.05. The van der Waals surface area contributed by atoms with E-state index in [1.165, 1.54) is 32.9 Å². The first-order valence-electron chi connectivity index (χ1n) is 7.42. The van der Waals surface area contributed by atoms with Gasteiger partial charge in [-0.25, -0.2) is 0 Å². The highest BCUT2D eigenvalue weighted by molar-refractivity contribution is 5.96. The molecule has 0 fully saturated rings. The van der Waals surface area contributed by atoms with Crippen LogP contribution in [0.25, 0.3) is 33.8 Å². The van der Waals surface area contributed by atoms with Crippen LogP contribution >= 0.6 is 0 Å². The molecular weight excluding hydrogens is 268 g/mol. The Balaban J connectivity index is 1.84. The van der Waals surface area contributed by atoms with E-state index in [0.29, 0.717) is 0 Å². The van der Waals surface area contributed by atoms with Crippen molar-refractivity contribution in [1.29, 1.82) is 0 Å². The Morgan fingerprint density at radius 1 is 0.864 bits per heavy atom. The average Bonchev–Trinajstić information content (AvgIpc) is 2.88. The van der Waals surface area contributed by atoms with E-state index in [4.69, 9.17) is 0 Å². The molecular formula is C20H16N2. The Hall–Kier alpha value is -2.87. The lowest BCUT2D eigenvalue weighted by atomic mass is 10.1. The summed E-state index contributed by atoms with van der Waals surface area (Å²) in [6.45, 7) is 2.11. The fourth-order valence-electron chi connectivity index (χ4n) is 2.95. The van der Waals surface area contributed by atoms with Crippen molar-refractivity contribution < 1.29 is 0 Å². The van der Waals surface area contributed by atoms with Crippen molar-refractivity contribution in [2.75, 3.05) is 0 Å². The molecule has 0 aliphatic carbocycles. The summed E-state index contributed by atoms with van der Waals surface area (Å²) in [5.41, 5.74) is 4.58. The number of benzene rings is 2. The van der Waals surface area contributed by atoms with Gasteiger partial charge in [0.1, 0.15) is 0 Å². The number of fused-ring (bicyclic) bond motifs is 2. The van der Waals surface area contributed by atoms with Gasteiger partial charge in [0, 0.05) is 33.7 Å². The average molecular weight is 284 g/mol. The van der Waals surface area contributed by atoms with E-state index >= 15 is 0 Å². The second-order valence-corrected chi connectivity index (χ2v) is 5.46. The zero-order valence-corrected chi connectivity index (χ0v) is 12.4. The van der Waals surface area contributed by atoms with Gasteiger partial charge in [-0.05, 0) is 30.5 Å². The van der Waals surface area contributed by atoms with E-state index in [9.17, 15) is 0 Å². The highest BCUT2D eigenvalue weighted by Crippen LogP contribution is 2.25. The van der Waals surface area contributed by atoms with Crippen LogP contribution in [0.5, 0.6) is 0 Å². The number of H-pyrrole nitrogens is 1. The third kappa shape index (κ3) is 2.09. The largest absolute Gasteiger partial charge is 0.358 e. The van der Waals surface area contributed by atoms with Gasteiger partial charge in [-0.3, -0.25) is 4.98 Å². The molecule has 4 aromatic rings. The van der Waals surface area contributed by atoms with Crippen LogP contribution in [0.2, 0.25) is 0 Å². The number of rotatable bonds is 2. The van der Waals surface area contributed by atoms with Gasteiger partial charge in [0.05, 0.1) is 5.69 Å².